The lowest BCUT2D eigenvalue weighted by Crippen LogP contribution is -2.60. The van der Waals surface area contributed by atoms with Crippen LogP contribution in [0.2, 0.25) is 0 Å². The van der Waals surface area contributed by atoms with Crippen molar-refractivity contribution < 1.29 is 30.5 Å². The van der Waals surface area contributed by atoms with Crippen molar-refractivity contribution in [2.45, 2.75) is 27.7 Å². The molecule has 1 saturated heterocycles. The van der Waals surface area contributed by atoms with Crippen LogP contribution in [0.1, 0.15) is 12.8 Å². The number of anilines is 1. The van der Waals surface area contributed by atoms with E-state index in [1.54, 1.807) is 42.5 Å². The zero-order valence-corrected chi connectivity index (χ0v) is 22.4. The van der Waals surface area contributed by atoms with E-state index in [-0.39, 0.29) is 34.2 Å². The Morgan fingerprint density at radius 1 is 1.05 bits per heavy atom. The first-order chi connectivity index (χ1) is 18.0. The zero-order chi connectivity index (χ0) is 27.1. The SMILES string of the molecule is CS(=O)(=O)c1cc(N2CCCC(F)(NS(=O)(=O)c3ccc(-c4ccon4)s3)C2=O)ccc1-c1ccccc1. The van der Waals surface area contributed by atoms with Crippen LogP contribution in [0.4, 0.5) is 10.1 Å². The van der Waals surface area contributed by atoms with Crippen molar-refractivity contribution in [1.82, 2.24) is 9.88 Å². The fourth-order valence-corrected chi connectivity index (χ4v) is 7.71. The number of alkyl halides is 1. The number of carbonyl (C=O) groups excluding carboxylic acids is 1. The van der Waals surface area contributed by atoms with Gasteiger partial charge in [0.15, 0.2) is 9.84 Å². The van der Waals surface area contributed by atoms with Crippen molar-refractivity contribution in [2.75, 3.05) is 17.7 Å². The molecule has 13 heteroatoms. The Morgan fingerprint density at radius 2 is 1.82 bits per heavy atom. The van der Waals surface area contributed by atoms with Gasteiger partial charge < -0.3 is 9.42 Å². The highest BCUT2D eigenvalue weighted by molar-refractivity contribution is 7.91. The van der Waals surface area contributed by atoms with Gasteiger partial charge >= 0.3 is 0 Å². The van der Waals surface area contributed by atoms with Crippen molar-refractivity contribution in [2.24, 2.45) is 0 Å². The second-order valence-corrected chi connectivity index (χ2v) is 13.8. The van der Waals surface area contributed by atoms with E-state index in [0.717, 1.165) is 22.5 Å². The average Bonchev–Trinajstić information content (AvgIpc) is 3.58. The third-order valence-electron chi connectivity index (χ3n) is 6.08. The molecule has 0 saturated carbocycles. The molecular weight excluding hydrogens is 553 g/mol. The van der Waals surface area contributed by atoms with Gasteiger partial charge in [-0.15, -0.1) is 11.3 Å². The highest BCUT2D eigenvalue weighted by Crippen LogP contribution is 2.36. The third-order valence-corrected chi connectivity index (χ3v) is 10.3. The Kier molecular flexibility index (Phi) is 6.71. The molecule has 2 aromatic carbocycles. The van der Waals surface area contributed by atoms with Gasteiger partial charge in [-0.2, -0.15) is 4.72 Å². The van der Waals surface area contributed by atoms with E-state index in [2.05, 4.69) is 5.16 Å². The molecule has 0 spiro atoms. The number of sulfone groups is 1. The Labute approximate surface area is 222 Å². The lowest BCUT2D eigenvalue weighted by Gasteiger charge is -2.36. The van der Waals surface area contributed by atoms with Gasteiger partial charge in [-0.1, -0.05) is 41.6 Å². The number of carbonyl (C=O) groups is 1. The summed E-state index contributed by atoms with van der Waals surface area (Å²) in [4.78, 5) is 14.9. The zero-order valence-electron chi connectivity index (χ0n) is 20.0. The molecular formula is C25H22FN3O6S3. The van der Waals surface area contributed by atoms with Gasteiger partial charge in [-0.25, -0.2) is 21.2 Å². The standard InChI is InChI=1S/C25H22FN3O6S3/c1-37(31,32)22-16-18(8-9-19(22)17-6-3-2-4-7-17)29-14-5-13-25(26,24(29)30)28-38(33,34)23-11-10-21(36-23)20-12-15-35-27-20/h2-4,6-12,15-16,28H,5,13-14H2,1H3. The van der Waals surface area contributed by atoms with E-state index in [4.69, 9.17) is 4.52 Å². The van der Waals surface area contributed by atoms with Crippen LogP contribution in [0.25, 0.3) is 21.7 Å². The topological polar surface area (TPSA) is 127 Å². The number of aromatic nitrogens is 1. The summed E-state index contributed by atoms with van der Waals surface area (Å²) in [6.45, 7) is 0.0927. The number of amides is 1. The predicted octanol–water partition coefficient (Wildman–Crippen LogP) is 4.24. The number of benzene rings is 2. The molecule has 1 atom stereocenters. The maximum absolute atomic E-state index is 16.0. The quantitative estimate of drug-likeness (QED) is 0.327. The number of hydrogen-bond acceptors (Lipinski definition) is 8. The van der Waals surface area contributed by atoms with Crippen LogP contribution in [-0.4, -0.2) is 46.5 Å². The summed E-state index contributed by atoms with van der Waals surface area (Å²) in [6, 6.07) is 17.6. The average molecular weight is 576 g/mol. The second kappa shape index (κ2) is 9.73. The second-order valence-electron chi connectivity index (χ2n) is 8.79. The molecule has 4 aromatic rings. The largest absolute Gasteiger partial charge is 0.364 e. The summed E-state index contributed by atoms with van der Waals surface area (Å²) in [6.07, 6.45) is 2.17. The van der Waals surface area contributed by atoms with E-state index >= 15 is 4.39 Å². The number of nitrogens with zero attached hydrogens (tertiary/aromatic N) is 2. The van der Waals surface area contributed by atoms with Gasteiger partial charge in [0.05, 0.1) is 9.77 Å². The van der Waals surface area contributed by atoms with Crippen molar-refractivity contribution in [3.8, 4) is 21.7 Å². The molecule has 0 bridgehead atoms. The summed E-state index contributed by atoms with van der Waals surface area (Å²) in [5.74, 6) is -4.04. The molecule has 1 N–H and O–H groups in total. The van der Waals surface area contributed by atoms with E-state index in [1.807, 2.05) is 4.72 Å². The molecule has 0 aliphatic carbocycles. The number of rotatable bonds is 7. The summed E-state index contributed by atoms with van der Waals surface area (Å²) in [5, 5.41) is 3.76. The van der Waals surface area contributed by atoms with Crippen molar-refractivity contribution >= 4 is 42.8 Å². The Hall–Kier alpha value is -3.39. The summed E-state index contributed by atoms with van der Waals surface area (Å²) >= 11 is 0.856. The van der Waals surface area contributed by atoms with E-state index in [9.17, 15) is 21.6 Å². The lowest BCUT2D eigenvalue weighted by atomic mass is 10.0. The van der Waals surface area contributed by atoms with Gasteiger partial charge in [-0.05, 0) is 36.2 Å². The first-order valence-electron chi connectivity index (χ1n) is 11.4. The molecule has 0 radical (unpaired) electrons. The van der Waals surface area contributed by atoms with Crippen LogP contribution in [0, 0.1) is 0 Å². The molecule has 3 heterocycles. The van der Waals surface area contributed by atoms with E-state index in [0.29, 0.717) is 21.7 Å². The number of halogens is 1. The maximum atomic E-state index is 16.0. The molecule has 198 valence electrons. The van der Waals surface area contributed by atoms with Crippen LogP contribution in [0.5, 0.6) is 0 Å². The van der Waals surface area contributed by atoms with E-state index < -0.39 is 31.6 Å². The number of nitrogens with one attached hydrogen (secondary N) is 1. The fourth-order valence-electron chi connectivity index (χ4n) is 4.29. The fraction of sp³-hybridized carbons (Fsp3) is 0.200. The molecule has 9 nitrogen and oxygen atoms in total. The minimum absolute atomic E-state index is 0.0245. The number of piperidine rings is 1. The number of thiophene rings is 1. The van der Waals surface area contributed by atoms with Crippen LogP contribution >= 0.6 is 11.3 Å². The van der Waals surface area contributed by atoms with Crippen LogP contribution < -0.4 is 9.62 Å². The molecule has 1 unspecified atom stereocenters. The lowest BCUT2D eigenvalue weighted by molar-refractivity contribution is -0.133. The monoisotopic (exact) mass is 575 g/mol. The maximum Gasteiger partial charge on any atom is 0.280 e. The Balaban J connectivity index is 1.45. The smallest absolute Gasteiger partial charge is 0.280 e. The normalized spacial score (nSPS) is 18.6. The molecule has 1 aliphatic rings. The molecule has 1 aliphatic heterocycles. The highest BCUT2D eigenvalue weighted by atomic mass is 32.2. The highest BCUT2D eigenvalue weighted by Gasteiger charge is 2.48. The van der Waals surface area contributed by atoms with Gasteiger partial charge in [0.25, 0.3) is 21.7 Å². The van der Waals surface area contributed by atoms with Crippen molar-refractivity contribution in [3.63, 3.8) is 0 Å². The summed E-state index contributed by atoms with van der Waals surface area (Å²) in [7, 11) is -8.13. The van der Waals surface area contributed by atoms with Crippen molar-refractivity contribution in [1.29, 1.82) is 0 Å². The van der Waals surface area contributed by atoms with Gasteiger partial charge in [0, 0.05) is 36.5 Å². The summed E-state index contributed by atoms with van der Waals surface area (Å²) in [5.41, 5.74) is 1.68. The van der Waals surface area contributed by atoms with E-state index in [1.165, 1.54) is 30.5 Å². The third kappa shape index (κ3) is 5.01. The first kappa shape index (κ1) is 26.2. The van der Waals surface area contributed by atoms with Gasteiger partial charge in [0.2, 0.25) is 0 Å². The number of sulfonamides is 1. The minimum Gasteiger partial charge on any atom is -0.364 e. The Bertz CT molecular complexity index is 1700. The predicted molar refractivity (Wildman–Crippen MR) is 141 cm³/mol. The number of hydrogen-bond donors (Lipinski definition) is 1. The minimum atomic E-state index is -4.41. The Morgan fingerprint density at radius 3 is 2.50 bits per heavy atom. The molecule has 1 amide bonds. The van der Waals surface area contributed by atoms with Crippen LogP contribution in [0.3, 0.4) is 0 Å². The molecule has 5 rings (SSSR count). The van der Waals surface area contributed by atoms with Crippen LogP contribution in [-0.2, 0) is 24.7 Å². The summed E-state index contributed by atoms with van der Waals surface area (Å²) < 4.78 is 73.9. The molecule has 38 heavy (non-hydrogen) atoms. The first-order valence-corrected chi connectivity index (χ1v) is 15.6. The van der Waals surface area contributed by atoms with Gasteiger partial charge in [0.1, 0.15) is 16.2 Å². The van der Waals surface area contributed by atoms with Crippen LogP contribution in [0.15, 0.2) is 86.6 Å². The van der Waals surface area contributed by atoms with Gasteiger partial charge in [-0.3, -0.25) is 4.79 Å². The molecule has 2 aromatic heterocycles. The van der Waals surface area contributed by atoms with Crippen molar-refractivity contribution in [3.05, 3.63) is 73.0 Å². The molecule has 1 fully saturated rings.